The highest BCUT2D eigenvalue weighted by molar-refractivity contribution is 7.91. The Morgan fingerprint density at radius 2 is 1.46 bits per heavy atom. The number of ketones is 1. The van der Waals surface area contributed by atoms with Gasteiger partial charge in [-0.3, -0.25) is 4.79 Å². The van der Waals surface area contributed by atoms with Gasteiger partial charge in [0.25, 0.3) is 0 Å². The molecule has 0 unspecified atom stereocenters. The molecule has 0 saturated heterocycles. The van der Waals surface area contributed by atoms with E-state index >= 15 is 0 Å². The summed E-state index contributed by atoms with van der Waals surface area (Å²) in [6, 6.07) is 17.3. The van der Waals surface area contributed by atoms with Crippen LogP contribution < -0.4 is 0 Å². The van der Waals surface area contributed by atoms with Gasteiger partial charge in [0.2, 0.25) is 9.84 Å². The molecule has 0 fully saturated rings. The molecule has 0 aliphatic carbocycles. The van der Waals surface area contributed by atoms with Crippen LogP contribution in [-0.2, 0) is 9.84 Å². The quantitative estimate of drug-likeness (QED) is 0.666. The number of hydrogen-bond acceptors (Lipinski definition) is 4. The van der Waals surface area contributed by atoms with Crippen LogP contribution in [0.1, 0.15) is 15.9 Å². The van der Waals surface area contributed by atoms with Crippen molar-refractivity contribution in [1.82, 2.24) is 4.98 Å². The van der Waals surface area contributed by atoms with Crippen LogP contribution in [0, 0.1) is 0 Å². The van der Waals surface area contributed by atoms with Crippen molar-refractivity contribution in [3.8, 4) is 0 Å². The second kappa shape index (κ2) is 6.55. The van der Waals surface area contributed by atoms with Gasteiger partial charge in [-0.15, -0.1) is 0 Å². The van der Waals surface area contributed by atoms with Crippen LogP contribution in [0.2, 0.25) is 5.02 Å². The number of pyridine rings is 1. The summed E-state index contributed by atoms with van der Waals surface area (Å²) in [6.07, 6.45) is 1.35. The summed E-state index contributed by atoms with van der Waals surface area (Å²) in [5, 5.41) is -0.0180. The number of halogens is 1. The highest BCUT2D eigenvalue weighted by Crippen LogP contribution is 2.26. The molecule has 1 aromatic heterocycles. The maximum atomic E-state index is 12.8. The van der Waals surface area contributed by atoms with Crippen LogP contribution in [0.25, 0.3) is 0 Å². The largest absolute Gasteiger partial charge is 0.288 e. The van der Waals surface area contributed by atoms with Crippen molar-refractivity contribution in [2.45, 2.75) is 9.92 Å². The molecule has 2 aromatic carbocycles. The Bertz CT molecular complexity index is 1000. The molecule has 0 N–H and O–H groups in total. The maximum Gasteiger partial charge on any atom is 0.224 e. The van der Waals surface area contributed by atoms with Crippen molar-refractivity contribution >= 4 is 27.2 Å². The molecular formula is C18H12ClNO3S. The summed E-state index contributed by atoms with van der Waals surface area (Å²) in [5.41, 5.74) is 0.228. The lowest BCUT2D eigenvalue weighted by molar-refractivity contribution is 0.103. The zero-order valence-electron chi connectivity index (χ0n) is 12.4. The number of carbonyl (C=O) groups is 1. The van der Waals surface area contributed by atoms with Gasteiger partial charge in [0.05, 0.1) is 15.5 Å². The van der Waals surface area contributed by atoms with Crippen molar-refractivity contribution in [3.05, 3.63) is 89.1 Å². The van der Waals surface area contributed by atoms with Gasteiger partial charge in [-0.2, -0.15) is 0 Å². The van der Waals surface area contributed by atoms with E-state index in [1.165, 1.54) is 30.5 Å². The van der Waals surface area contributed by atoms with Crippen LogP contribution in [0.15, 0.2) is 82.8 Å². The summed E-state index contributed by atoms with van der Waals surface area (Å²) >= 11 is 6.06. The van der Waals surface area contributed by atoms with Gasteiger partial charge in [-0.25, -0.2) is 13.4 Å². The van der Waals surface area contributed by atoms with Crippen LogP contribution in [0.3, 0.4) is 0 Å². The zero-order chi connectivity index (χ0) is 17.2. The van der Waals surface area contributed by atoms with E-state index in [4.69, 9.17) is 11.6 Å². The Morgan fingerprint density at radius 1 is 0.833 bits per heavy atom. The third kappa shape index (κ3) is 2.96. The number of hydrogen-bond donors (Lipinski definition) is 0. The average molecular weight is 358 g/mol. The normalized spacial score (nSPS) is 11.2. The summed E-state index contributed by atoms with van der Waals surface area (Å²) in [6.45, 7) is 0. The Morgan fingerprint density at radius 3 is 2.17 bits per heavy atom. The standard InChI is InChI=1S/C18H12ClNO3S/c19-16-11-5-4-9-14(16)17(21)15-10-6-12-20-18(15)24(22,23)13-7-2-1-3-8-13/h1-12H. The first-order valence-electron chi connectivity index (χ1n) is 7.06. The number of sulfone groups is 1. The molecule has 0 aliphatic heterocycles. The van der Waals surface area contributed by atoms with E-state index in [1.54, 1.807) is 42.5 Å². The van der Waals surface area contributed by atoms with Gasteiger partial charge in [0, 0.05) is 11.8 Å². The van der Waals surface area contributed by atoms with Crippen molar-refractivity contribution in [1.29, 1.82) is 0 Å². The van der Waals surface area contributed by atoms with Gasteiger partial charge >= 0.3 is 0 Å². The molecule has 1 heterocycles. The van der Waals surface area contributed by atoms with Crippen LogP contribution in [0.5, 0.6) is 0 Å². The number of nitrogens with zero attached hydrogens (tertiary/aromatic N) is 1. The number of rotatable bonds is 4. The molecule has 3 rings (SSSR count). The summed E-state index contributed by atoms with van der Waals surface area (Å²) < 4.78 is 25.7. The monoisotopic (exact) mass is 357 g/mol. The smallest absolute Gasteiger partial charge is 0.224 e. The van der Waals surface area contributed by atoms with Crippen LogP contribution in [-0.4, -0.2) is 19.2 Å². The van der Waals surface area contributed by atoms with Gasteiger partial charge < -0.3 is 0 Å². The zero-order valence-corrected chi connectivity index (χ0v) is 14.0. The van der Waals surface area contributed by atoms with Crippen LogP contribution >= 0.6 is 11.6 Å². The number of benzene rings is 2. The molecule has 0 spiro atoms. The van der Waals surface area contributed by atoms with Crippen molar-refractivity contribution < 1.29 is 13.2 Å². The van der Waals surface area contributed by atoms with Crippen molar-refractivity contribution in [2.24, 2.45) is 0 Å². The molecule has 0 amide bonds. The fourth-order valence-electron chi connectivity index (χ4n) is 2.28. The lowest BCUT2D eigenvalue weighted by Gasteiger charge is -2.09. The lowest BCUT2D eigenvalue weighted by atomic mass is 10.1. The fraction of sp³-hybridized carbons (Fsp3) is 0. The van der Waals surface area contributed by atoms with Gasteiger partial charge in [0.15, 0.2) is 10.8 Å². The molecular weight excluding hydrogens is 346 g/mol. The van der Waals surface area contributed by atoms with E-state index in [0.717, 1.165) is 0 Å². The number of carbonyl (C=O) groups excluding carboxylic acids is 1. The average Bonchev–Trinajstić information content (AvgIpc) is 2.62. The van der Waals surface area contributed by atoms with E-state index < -0.39 is 15.6 Å². The fourth-order valence-corrected chi connectivity index (χ4v) is 3.89. The predicted octanol–water partition coefficient (Wildman–Crippen LogP) is 3.80. The minimum atomic E-state index is -3.91. The first kappa shape index (κ1) is 16.4. The van der Waals surface area contributed by atoms with E-state index in [0.29, 0.717) is 0 Å². The van der Waals surface area contributed by atoms with Gasteiger partial charge in [-0.05, 0) is 36.4 Å². The molecule has 4 nitrogen and oxygen atoms in total. The molecule has 0 bridgehead atoms. The minimum Gasteiger partial charge on any atom is -0.288 e. The van der Waals surface area contributed by atoms with E-state index in [1.807, 2.05) is 0 Å². The summed E-state index contributed by atoms with van der Waals surface area (Å²) in [4.78, 5) is 16.8. The molecule has 6 heteroatoms. The Labute approximate surface area is 144 Å². The Hall–Kier alpha value is -2.50. The molecule has 24 heavy (non-hydrogen) atoms. The minimum absolute atomic E-state index is 0.00514. The summed E-state index contributed by atoms with van der Waals surface area (Å²) in [5.74, 6) is -0.483. The molecule has 0 radical (unpaired) electrons. The molecule has 0 aliphatic rings. The van der Waals surface area contributed by atoms with Crippen molar-refractivity contribution in [3.63, 3.8) is 0 Å². The van der Waals surface area contributed by atoms with E-state index in [-0.39, 0.29) is 26.1 Å². The van der Waals surface area contributed by atoms with Crippen molar-refractivity contribution in [2.75, 3.05) is 0 Å². The Balaban J connectivity index is 2.17. The second-order valence-corrected chi connectivity index (χ2v) is 7.25. The summed E-state index contributed by atoms with van der Waals surface area (Å²) in [7, 11) is -3.91. The lowest BCUT2D eigenvalue weighted by Crippen LogP contribution is -2.13. The molecule has 120 valence electrons. The topological polar surface area (TPSA) is 64.1 Å². The van der Waals surface area contributed by atoms with E-state index in [9.17, 15) is 13.2 Å². The predicted molar refractivity (Wildman–Crippen MR) is 91.0 cm³/mol. The van der Waals surface area contributed by atoms with Crippen LogP contribution in [0.4, 0.5) is 0 Å². The highest BCUT2D eigenvalue weighted by atomic mass is 35.5. The first-order chi connectivity index (χ1) is 11.5. The third-order valence-corrected chi connectivity index (χ3v) is 5.50. The molecule has 0 atom stereocenters. The number of aromatic nitrogens is 1. The Kier molecular flexibility index (Phi) is 4.46. The van der Waals surface area contributed by atoms with E-state index in [2.05, 4.69) is 4.98 Å². The SMILES string of the molecule is O=C(c1ccccc1Cl)c1cccnc1S(=O)(=O)c1ccccc1. The third-order valence-electron chi connectivity index (χ3n) is 3.44. The van der Waals surface area contributed by atoms with Gasteiger partial charge in [-0.1, -0.05) is 41.9 Å². The van der Waals surface area contributed by atoms with Gasteiger partial charge in [0.1, 0.15) is 0 Å². The second-order valence-electron chi connectivity index (χ2n) is 4.98. The highest BCUT2D eigenvalue weighted by Gasteiger charge is 2.26. The molecule has 3 aromatic rings. The molecule has 0 saturated carbocycles. The maximum absolute atomic E-state index is 12.8. The first-order valence-corrected chi connectivity index (χ1v) is 8.92.